The maximum atomic E-state index is 15.3. The summed E-state index contributed by atoms with van der Waals surface area (Å²) in [5.41, 5.74) is 10.2. The molecule has 0 atom stereocenters. The van der Waals surface area contributed by atoms with E-state index in [-0.39, 0.29) is 28.2 Å². The van der Waals surface area contributed by atoms with Gasteiger partial charge < -0.3 is 14.5 Å². The number of nitrogens with zero attached hydrogens (tertiary/aromatic N) is 4. The number of rotatable bonds is 8. The van der Waals surface area contributed by atoms with Gasteiger partial charge in [-0.1, -0.05) is 99.6 Å². The highest BCUT2D eigenvalue weighted by Crippen LogP contribution is 2.50. The summed E-state index contributed by atoms with van der Waals surface area (Å²) in [5, 5.41) is 2.26. The van der Waals surface area contributed by atoms with Crippen molar-refractivity contribution in [1.82, 2.24) is 9.55 Å². The van der Waals surface area contributed by atoms with Gasteiger partial charge in [0.15, 0.2) is 0 Å². The third-order valence-electron chi connectivity index (χ3n) is 12.5. The van der Waals surface area contributed by atoms with Crippen molar-refractivity contribution >= 4 is 44.6 Å². The zero-order valence-corrected chi connectivity index (χ0v) is 38.3. The third-order valence-corrected chi connectivity index (χ3v) is 12.5. The van der Waals surface area contributed by atoms with Crippen LogP contribution in [-0.4, -0.2) is 16.2 Å². The largest absolute Gasteiger partial charge is 0.457 e. The maximum Gasteiger partial charge on any atom is 0.137 e. The number of ether oxygens (including phenoxy) is 1. The average Bonchev–Trinajstić information content (AvgIpc) is 3.78. The van der Waals surface area contributed by atoms with E-state index in [1.165, 1.54) is 5.56 Å². The fraction of sp³-hybridized carbons (Fsp3) is 0.268. The van der Waals surface area contributed by atoms with Crippen LogP contribution in [0.1, 0.15) is 103 Å². The summed E-state index contributed by atoms with van der Waals surface area (Å²) < 4.78 is 53.8. The second kappa shape index (κ2) is 15.9. The van der Waals surface area contributed by atoms with Gasteiger partial charge >= 0.3 is 0 Å². The smallest absolute Gasteiger partial charge is 0.137 e. The van der Waals surface area contributed by atoms with Crippen LogP contribution in [0.4, 0.5) is 35.9 Å². The Kier molecular flexibility index (Phi) is 10.6. The summed E-state index contributed by atoms with van der Waals surface area (Å²) >= 11 is 0. The molecule has 5 nitrogen and oxygen atoms in total. The first-order valence-electron chi connectivity index (χ1n) is 22.2. The monoisotopic (exact) mass is 856 g/mol. The van der Waals surface area contributed by atoms with E-state index in [0.29, 0.717) is 23.7 Å². The first-order valence-corrected chi connectivity index (χ1v) is 22.2. The number of anilines is 4. The number of aromatic nitrogens is 2. The predicted molar refractivity (Wildman–Crippen MR) is 258 cm³/mol. The zero-order chi connectivity index (χ0) is 45.4. The number of pyridine rings is 1. The lowest BCUT2D eigenvalue weighted by atomic mass is 9.86. The first-order chi connectivity index (χ1) is 30.4. The van der Waals surface area contributed by atoms with Crippen molar-refractivity contribution in [3.8, 4) is 28.4 Å². The van der Waals surface area contributed by atoms with E-state index in [4.69, 9.17) is 9.72 Å². The molecule has 326 valence electrons. The van der Waals surface area contributed by atoms with Crippen molar-refractivity contribution in [3.05, 3.63) is 167 Å². The standard InChI is InChI=1S/C56H55F3N4O/c1-33(2)44-23-35(53-46(58)28-38(57)29-47(53)59)24-45(34(3)4)54(44)62-32-61(49-17-13-14-18-50(49)62)39-25-37(56(8,9)10)26-41(30-39)64-40-19-20-43-42-15-11-12-16-48(42)63(51(43)31-40)52-27-36(21-22-60-52)55(5,6)7/h11-31,33-34H,32H2,1-10H3. The lowest BCUT2D eigenvalue weighted by Gasteiger charge is -2.30. The fourth-order valence-corrected chi connectivity index (χ4v) is 9.10. The van der Waals surface area contributed by atoms with Gasteiger partial charge in [0.2, 0.25) is 0 Å². The van der Waals surface area contributed by atoms with Gasteiger partial charge in [-0.05, 0) is 117 Å². The van der Waals surface area contributed by atoms with E-state index in [1.807, 2.05) is 30.5 Å². The van der Waals surface area contributed by atoms with Crippen molar-refractivity contribution in [1.29, 1.82) is 0 Å². The van der Waals surface area contributed by atoms with Crippen molar-refractivity contribution in [2.24, 2.45) is 0 Å². The minimum atomic E-state index is -0.943. The van der Waals surface area contributed by atoms with E-state index in [1.54, 1.807) is 0 Å². The van der Waals surface area contributed by atoms with Gasteiger partial charge in [0.25, 0.3) is 0 Å². The molecule has 0 spiro atoms. The topological polar surface area (TPSA) is 33.5 Å². The second-order valence-electron chi connectivity index (χ2n) is 19.8. The molecule has 0 amide bonds. The Morgan fingerprint density at radius 3 is 1.83 bits per heavy atom. The third kappa shape index (κ3) is 7.67. The quantitative estimate of drug-likeness (QED) is 0.152. The fourth-order valence-electron chi connectivity index (χ4n) is 9.10. The van der Waals surface area contributed by atoms with E-state index in [2.05, 4.69) is 169 Å². The Labute approximate surface area is 374 Å². The van der Waals surface area contributed by atoms with Gasteiger partial charge in [-0.15, -0.1) is 0 Å². The van der Waals surface area contributed by atoms with Gasteiger partial charge in [0.1, 0.15) is 41.4 Å². The molecule has 0 bridgehead atoms. The molecule has 0 radical (unpaired) electrons. The molecule has 0 aliphatic carbocycles. The Balaban J connectivity index is 1.15. The Morgan fingerprint density at radius 2 is 1.19 bits per heavy atom. The Morgan fingerprint density at radius 1 is 0.578 bits per heavy atom. The van der Waals surface area contributed by atoms with Crippen LogP contribution in [0.25, 0.3) is 38.8 Å². The molecule has 8 heteroatoms. The van der Waals surface area contributed by atoms with E-state index >= 15 is 8.78 Å². The van der Waals surface area contributed by atoms with Crippen LogP contribution in [0.2, 0.25) is 0 Å². The minimum Gasteiger partial charge on any atom is -0.457 e. The highest BCUT2D eigenvalue weighted by atomic mass is 19.1. The van der Waals surface area contributed by atoms with Crippen LogP contribution >= 0.6 is 0 Å². The number of hydrogen-bond donors (Lipinski definition) is 0. The molecular formula is C56H55F3N4O. The molecule has 2 aromatic heterocycles. The summed E-state index contributed by atoms with van der Waals surface area (Å²) in [5.74, 6) is -0.508. The van der Waals surface area contributed by atoms with E-state index in [0.717, 1.165) is 79.2 Å². The molecule has 0 saturated carbocycles. The first kappa shape index (κ1) is 42.7. The van der Waals surface area contributed by atoms with Gasteiger partial charge in [-0.25, -0.2) is 18.2 Å². The maximum absolute atomic E-state index is 15.3. The van der Waals surface area contributed by atoms with Crippen LogP contribution < -0.4 is 14.5 Å². The van der Waals surface area contributed by atoms with Gasteiger partial charge in [-0.3, -0.25) is 4.57 Å². The van der Waals surface area contributed by atoms with Crippen LogP contribution in [0.5, 0.6) is 11.5 Å². The average molecular weight is 857 g/mol. The number of para-hydroxylation sites is 3. The summed E-state index contributed by atoms with van der Waals surface area (Å²) in [6, 6.07) is 39.1. The second-order valence-corrected chi connectivity index (χ2v) is 19.8. The minimum absolute atomic E-state index is 0.00120. The van der Waals surface area contributed by atoms with Crippen LogP contribution in [0.15, 0.2) is 128 Å². The molecular weight excluding hydrogens is 802 g/mol. The number of hydrogen-bond acceptors (Lipinski definition) is 4. The molecule has 9 rings (SSSR count). The molecule has 1 aliphatic rings. The van der Waals surface area contributed by atoms with Crippen molar-refractivity contribution in [2.45, 2.75) is 91.9 Å². The molecule has 6 aromatic carbocycles. The van der Waals surface area contributed by atoms with Crippen LogP contribution in [0, 0.1) is 17.5 Å². The van der Waals surface area contributed by atoms with Crippen molar-refractivity contribution in [3.63, 3.8) is 0 Å². The number of halogens is 3. The number of benzene rings is 6. The van der Waals surface area contributed by atoms with Crippen LogP contribution in [-0.2, 0) is 10.8 Å². The molecule has 0 unspecified atom stereocenters. The van der Waals surface area contributed by atoms with Gasteiger partial charge in [0, 0.05) is 52.6 Å². The summed E-state index contributed by atoms with van der Waals surface area (Å²) in [7, 11) is 0. The predicted octanol–water partition coefficient (Wildman–Crippen LogP) is 16.1. The van der Waals surface area contributed by atoms with Crippen molar-refractivity contribution < 1.29 is 17.9 Å². The highest BCUT2D eigenvalue weighted by molar-refractivity contribution is 6.09. The summed E-state index contributed by atoms with van der Waals surface area (Å²) in [6.45, 7) is 22.1. The SMILES string of the molecule is CC(C)c1cc(-c2c(F)cc(F)cc2F)cc(C(C)C)c1N1CN(c2cc(Oc3ccc4c5ccccc5n(-c5cc(C(C)(C)C)ccn5)c4c3)cc(C(C)(C)C)c2)c2ccccc21. The lowest BCUT2D eigenvalue weighted by Crippen LogP contribution is -2.26. The molecule has 3 heterocycles. The lowest BCUT2D eigenvalue weighted by molar-refractivity contribution is 0.479. The molecule has 8 aromatic rings. The summed E-state index contributed by atoms with van der Waals surface area (Å²) in [4.78, 5) is 9.51. The highest BCUT2D eigenvalue weighted by Gasteiger charge is 2.33. The molecule has 0 N–H and O–H groups in total. The van der Waals surface area contributed by atoms with Gasteiger partial charge in [-0.2, -0.15) is 0 Å². The molecule has 1 aliphatic heterocycles. The Hall–Kier alpha value is -6.54. The van der Waals surface area contributed by atoms with E-state index < -0.39 is 17.5 Å². The van der Waals surface area contributed by atoms with Crippen molar-refractivity contribution in [2.75, 3.05) is 16.5 Å². The summed E-state index contributed by atoms with van der Waals surface area (Å²) in [6.07, 6.45) is 1.90. The van der Waals surface area contributed by atoms with Crippen LogP contribution in [0.3, 0.4) is 0 Å². The zero-order valence-electron chi connectivity index (χ0n) is 38.3. The van der Waals surface area contributed by atoms with Gasteiger partial charge in [0.05, 0.1) is 28.0 Å². The molecule has 64 heavy (non-hydrogen) atoms. The number of fused-ring (bicyclic) bond motifs is 4. The van der Waals surface area contributed by atoms with E-state index in [9.17, 15) is 4.39 Å². The Bertz CT molecular complexity index is 3050. The normalized spacial score (nSPS) is 13.2. The molecule has 0 saturated heterocycles. The molecule has 0 fully saturated rings.